The average Bonchev–Trinajstić information content (AvgIpc) is 3.35. The molecular formula is C19H18FN3O3S. The Morgan fingerprint density at radius 2 is 1.74 bits per heavy atom. The van der Waals surface area contributed by atoms with Crippen LogP contribution in [0.2, 0.25) is 0 Å². The summed E-state index contributed by atoms with van der Waals surface area (Å²) in [6, 6.07) is 7.36. The molecule has 0 spiro atoms. The second-order valence-corrected chi connectivity index (χ2v) is 7.53. The Morgan fingerprint density at radius 1 is 1.04 bits per heavy atom. The van der Waals surface area contributed by atoms with E-state index in [0.717, 1.165) is 17.4 Å². The quantitative estimate of drug-likeness (QED) is 0.688. The molecule has 1 aliphatic rings. The molecule has 0 saturated carbocycles. The fourth-order valence-electron chi connectivity index (χ4n) is 3.40. The van der Waals surface area contributed by atoms with E-state index in [0.29, 0.717) is 28.9 Å². The highest BCUT2D eigenvalue weighted by atomic mass is 32.1. The standard InChI is InChI=1S/C19H18FN3O3S/c20-14-5-3-13(4-6-14)11-23-18(25)17-15(7-10-27-17)22(19(23)26)12-16(24)21-8-1-2-9-21/h3-7,10H,1-2,8-9,11-12H2. The number of hydrogen-bond donors (Lipinski definition) is 0. The monoisotopic (exact) mass is 387 g/mol. The number of hydrogen-bond acceptors (Lipinski definition) is 4. The van der Waals surface area contributed by atoms with Crippen molar-refractivity contribution in [3.05, 3.63) is 67.9 Å². The third-order valence-corrected chi connectivity index (χ3v) is 5.73. The number of thiophene rings is 1. The summed E-state index contributed by atoms with van der Waals surface area (Å²) in [6.07, 6.45) is 1.94. The predicted molar refractivity (Wildman–Crippen MR) is 102 cm³/mol. The van der Waals surface area contributed by atoms with Crippen LogP contribution in [0, 0.1) is 5.82 Å². The van der Waals surface area contributed by atoms with E-state index in [1.165, 1.54) is 28.0 Å². The highest BCUT2D eigenvalue weighted by Gasteiger charge is 2.21. The summed E-state index contributed by atoms with van der Waals surface area (Å²) < 4.78 is 16.1. The molecule has 0 N–H and O–H groups in total. The normalized spacial score (nSPS) is 14.2. The van der Waals surface area contributed by atoms with Gasteiger partial charge >= 0.3 is 5.69 Å². The largest absolute Gasteiger partial charge is 0.341 e. The van der Waals surface area contributed by atoms with Crippen molar-refractivity contribution in [1.82, 2.24) is 14.0 Å². The number of benzene rings is 1. The van der Waals surface area contributed by atoms with E-state index in [4.69, 9.17) is 0 Å². The van der Waals surface area contributed by atoms with Crippen molar-refractivity contribution in [2.24, 2.45) is 0 Å². The predicted octanol–water partition coefficient (Wildman–Crippen LogP) is 2.03. The van der Waals surface area contributed by atoms with Crippen LogP contribution in [0.15, 0.2) is 45.3 Å². The van der Waals surface area contributed by atoms with E-state index in [2.05, 4.69) is 0 Å². The van der Waals surface area contributed by atoms with Crippen molar-refractivity contribution in [1.29, 1.82) is 0 Å². The molecule has 0 bridgehead atoms. The van der Waals surface area contributed by atoms with Crippen LogP contribution in [0.5, 0.6) is 0 Å². The Bertz CT molecular complexity index is 1110. The van der Waals surface area contributed by atoms with Crippen molar-refractivity contribution in [3.8, 4) is 0 Å². The first-order chi connectivity index (χ1) is 13.0. The lowest BCUT2D eigenvalue weighted by molar-refractivity contribution is -0.130. The van der Waals surface area contributed by atoms with Gasteiger partial charge in [-0.15, -0.1) is 11.3 Å². The second kappa shape index (κ2) is 7.11. The Kier molecular flexibility index (Phi) is 4.65. The van der Waals surface area contributed by atoms with Gasteiger partial charge in [-0.1, -0.05) is 12.1 Å². The van der Waals surface area contributed by atoms with Crippen molar-refractivity contribution in [2.45, 2.75) is 25.9 Å². The summed E-state index contributed by atoms with van der Waals surface area (Å²) >= 11 is 1.25. The summed E-state index contributed by atoms with van der Waals surface area (Å²) in [5, 5.41) is 1.74. The molecule has 0 radical (unpaired) electrons. The van der Waals surface area contributed by atoms with Gasteiger partial charge in [0.15, 0.2) is 0 Å². The maximum Gasteiger partial charge on any atom is 0.332 e. The average molecular weight is 387 g/mol. The van der Waals surface area contributed by atoms with Gasteiger partial charge in [-0.05, 0) is 42.0 Å². The number of carbonyl (C=O) groups excluding carboxylic acids is 1. The summed E-state index contributed by atoms with van der Waals surface area (Å²) in [5.41, 5.74) is 0.212. The number of amides is 1. The van der Waals surface area contributed by atoms with Crippen LogP contribution in [0.3, 0.4) is 0 Å². The number of likely N-dealkylation sites (tertiary alicyclic amines) is 1. The van der Waals surface area contributed by atoms with Crippen LogP contribution >= 0.6 is 11.3 Å². The van der Waals surface area contributed by atoms with Gasteiger partial charge in [0, 0.05) is 13.1 Å². The highest BCUT2D eigenvalue weighted by Crippen LogP contribution is 2.16. The molecule has 140 valence electrons. The summed E-state index contributed by atoms with van der Waals surface area (Å²) in [5.74, 6) is -0.498. The molecule has 4 rings (SSSR count). The Labute approximate surface area is 158 Å². The van der Waals surface area contributed by atoms with Gasteiger partial charge in [-0.25, -0.2) is 9.18 Å². The van der Waals surface area contributed by atoms with Gasteiger partial charge < -0.3 is 4.90 Å². The Hall–Kier alpha value is -2.74. The summed E-state index contributed by atoms with van der Waals surface area (Å²) in [6.45, 7) is 1.35. The van der Waals surface area contributed by atoms with Crippen LogP contribution in [0.4, 0.5) is 4.39 Å². The van der Waals surface area contributed by atoms with Gasteiger partial charge in [0.05, 0.1) is 12.1 Å². The molecule has 6 nitrogen and oxygen atoms in total. The number of nitrogens with zero attached hydrogens (tertiary/aromatic N) is 3. The molecule has 1 fully saturated rings. The lowest BCUT2D eigenvalue weighted by Gasteiger charge is -2.17. The number of fused-ring (bicyclic) bond motifs is 1. The molecule has 2 aromatic heterocycles. The molecule has 1 saturated heterocycles. The van der Waals surface area contributed by atoms with E-state index in [9.17, 15) is 18.8 Å². The van der Waals surface area contributed by atoms with E-state index >= 15 is 0 Å². The van der Waals surface area contributed by atoms with Crippen LogP contribution in [0.1, 0.15) is 18.4 Å². The first kappa shape index (κ1) is 17.7. The van der Waals surface area contributed by atoms with Gasteiger partial charge in [0.2, 0.25) is 5.91 Å². The van der Waals surface area contributed by atoms with Gasteiger partial charge in [0.25, 0.3) is 5.56 Å². The zero-order chi connectivity index (χ0) is 19.0. The fraction of sp³-hybridized carbons (Fsp3) is 0.316. The lowest BCUT2D eigenvalue weighted by atomic mass is 10.2. The molecule has 27 heavy (non-hydrogen) atoms. The minimum atomic E-state index is -0.525. The molecule has 1 aliphatic heterocycles. The molecule has 0 atom stereocenters. The number of rotatable bonds is 4. The minimum absolute atomic E-state index is 0.0314. The zero-order valence-corrected chi connectivity index (χ0v) is 15.4. The van der Waals surface area contributed by atoms with Crippen LogP contribution in [-0.4, -0.2) is 33.0 Å². The van der Waals surface area contributed by atoms with Crippen LogP contribution in [-0.2, 0) is 17.9 Å². The summed E-state index contributed by atoms with van der Waals surface area (Å²) in [7, 11) is 0. The maximum atomic E-state index is 13.1. The molecule has 0 aliphatic carbocycles. The van der Waals surface area contributed by atoms with Gasteiger partial charge in [-0.2, -0.15) is 0 Å². The summed E-state index contributed by atoms with van der Waals surface area (Å²) in [4.78, 5) is 40.1. The van der Waals surface area contributed by atoms with E-state index in [-0.39, 0.29) is 30.4 Å². The fourth-order valence-corrected chi connectivity index (χ4v) is 4.24. The van der Waals surface area contributed by atoms with Crippen molar-refractivity contribution in [2.75, 3.05) is 13.1 Å². The lowest BCUT2D eigenvalue weighted by Crippen LogP contribution is -2.42. The van der Waals surface area contributed by atoms with Crippen LogP contribution < -0.4 is 11.2 Å². The third-order valence-electron chi connectivity index (χ3n) is 4.84. The van der Waals surface area contributed by atoms with Crippen LogP contribution in [0.25, 0.3) is 10.2 Å². The van der Waals surface area contributed by atoms with Gasteiger partial charge in [-0.3, -0.25) is 18.7 Å². The van der Waals surface area contributed by atoms with E-state index in [1.807, 2.05) is 0 Å². The second-order valence-electron chi connectivity index (χ2n) is 6.61. The molecule has 3 aromatic rings. The van der Waals surface area contributed by atoms with E-state index in [1.54, 1.807) is 28.5 Å². The van der Waals surface area contributed by atoms with Crippen molar-refractivity contribution >= 4 is 27.5 Å². The van der Waals surface area contributed by atoms with Crippen molar-refractivity contribution < 1.29 is 9.18 Å². The Morgan fingerprint density at radius 3 is 2.44 bits per heavy atom. The number of carbonyl (C=O) groups is 1. The first-order valence-electron chi connectivity index (χ1n) is 8.77. The van der Waals surface area contributed by atoms with Gasteiger partial charge in [0.1, 0.15) is 17.1 Å². The smallest absolute Gasteiger partial charge is 0.332 e. The number of aromatic nitrogens is 2. The molecule has 1 aromatic carbocycles. The molecule has 8 heteroatoms. The molecular weight excluding hydrogens is 369 g/mol. The Balaban J connectivity index is 1.77. The van der Waals surface area contributed by atoms with E-state index < -0.39 is 5.69 Å². The molecule has 0 unspecified atom stereocenters. The highest BCUT2D eigenvalue weighted by molar-refractivity contribution is 7.17. The SMILES string of the molecule is O=C(Cn1c(=O)n(Cc2ccc(F)cc2)c(=O)c2sccc21)N1CCCC1. The first-order valence-corrected chi connectivity index (χ1v) is 9.65. The van der Waals surface area contributed by atoms with Crippen molar-refractivity contribution in [3.63, 3.8) is 0 Å². The maximum absolute atomic E-state index is 13.1. The topological polar surface area (TPSA) is 64.3 Å². The third kappa shape index (κ3) is 3.32. The minimum Gasteiger partial charge on any atom is -0.341 e. The zero-order valence-electron chi connectivity index (χ0n) is 14.6. The molecule has 3 heterocycles. The molecule has 1 amide bonds. The number of halogens is 1.